The maximum absolute atomic E-state index is 13.5. The maximum atomic E-state index is 13.5. The molecule has 9 heteroatoms. The van der Waals surface area contributed by atoms with Crippen molar-refractivity contribution in [1.29, 1.82) is 0 Å². The lowest BCUT2D eigenvalue weighted by Crippen LogP contribution is -2.50. The minimum Gasteiger partial charge on any atom is -0.352 e. The first-order valence-corrected chi connectivity index (χ1v) is 9.79. The molecule has 0 saturated carbocycles. The first kappa shape index (κ1) is 20.4. The third-order valence-corrected chi connectivity index (χ3v) is 4.52. The third-order valence-electron chi connectivity index (χ3n) is 4.52. The number of aromatic nitrogens is 4. The Hall–Kier alpha value is -2.88. The van der Waals surface area contributed by atoms with Gasteiger partial charge in [0.2, 0.25) is 12.2 Å². The Morgan fingerprint density at radius 1 is 1.17 bits per heavy atom. The number of H-pyrrole nitrogens is 1. The average molecular weight is 412 g/mol. The highest BCUT2D eigenvalue weighted by Crippen LogP contribution is 2.33. The molecule has 0 amide bonds. The number of nitrogens with two attached hydrogens (primary N) is 1. The van der Waals surface area contributed by atoms with Crippen LogP contribution in [0.5, 0.6) is 0 Å². The zero-order chi connectivity index (χ0) is 21.3. The van der Waals surface area contributed by atoms with Gasteiger partial charge in [0, 0.05) is 17.8 Å². The zero-order valence-electron chi connectivity index (χ0n) is 17.1. The summed E-state index contributed by atoms with van der Waals surface area (Å²) in [5, 5.41) is 3.19. The molecule has 1 aromatic carbocycles. The second-order valence-corrected chi connectivity index (χ2v) is 8.03. The number of anilines is 1. The van der Waals surface area contributed by atoms with Crippen molar-refractivity contribution in [2.24, 2.45) is 5.73 Å². The Morgan fingerprint density at radius 2 is 1.87 bits per heavy atom. The number of hydrogen-bond donors (Lipinski definition) is 3. The summed E-state index contributed by atoms with van der Waals surface area (Å²) in [7, 11) is 0. The Morgan fingerprint density at radius 3 is 2.53 bits per heavy atom. The summed E-state index contributed by atoms with van der Waals surface area (Å²) < 4.78 is 25.0. The first-order valence-electron chi connectivity index (χ1n) is 9.79. The van der Waals surface area contributed by atoms with Crippen LogP contribution in [0.4, 0.5) is 10.3 Å². The van der Waals surface area contributed by atoms with Crippen LogP contribution in [-0.2, 0) is 9.47 Å². The Balaban J connectivity index is 1.74. The van der Waals surface area contributed by atoms with Gasteiger partial charge in [-0.1, -0.05) is 0 Å². The SMILES string of the molecule is CC(C)Nc1nccc(-c2[nH]c(C3OCC(C)(N)CO3)nc2-c2ccc(F)cc2)n1. The van der Waals surface area contributed by atoms with Gasteiger partial charge in [-0.05, 0) is 51.1 Å². The van der Waals surface area contributed by atoms with E-state index in [4.69, 9.17) is 20.2 Å². The van der Waals surface area contributed by atoms with Crippen LogP contribution in [0.1, 0.15) is 32.9 Å². The topological polar surface area (TPSA) is 111 Å². The molecule has 0 unspecified atom stereocenters. The second-order valence-electron chi connectivity index (χ2n) is 8.03. The summed E-state index contributed by atoms with van der Waals surface area (Å²) in [6, 6.07) is 8.11. The fourth-order valence-corrected chi connectivity index (χ4v) is 3.11. The van der Waals surface area contributed by atoms with Crippen LogP contribution in [0.3, 0.4) is 0 Å². The summed E-state index contributed by atoms with van der Waals surface area (Å²) in [4.78, 5) is 16.8. The van der Waals surface area contributed by atoms with E-state index in [1.54, 1.807) is 24.4 Å². The lowest BCUT2D eigenvalue weighted by molar-refractivity contribution is -0.211. The van der Waals surface area contributed by atoms with Crippen LogP contribution < -0.4 is 11.1 Å². The number of imidazole rings is 1. The molecule has 3 heterocycles. The maximum Gasteiger partial charge on any atom is 0.223 e. The van der Waals surface area contributed by atoms with Gasteiger partial charge in [-0.25, -0.2) is 19.3 Å². The molecular weight excluding hydrogens is 387 g/mol. The van der Waals surface area contributed by atoms with Crippen LogP contribution in [0.15, 0.2) is 36.5 Å². The average Bonchev–Trinajstić information content (AvgIpc) is 3.13. The van der Waals surface area contributed by atoms with Crippen molar-refractivity contribution < 1.29 is 13.9 Å². The summed E-state index contributed by atoms with van der Waals surface area (Å²) in [5.41, 5.74) is 8.19. The molecule has 4 N–H and O–H groups in total. The molecule has 0 bridgehead atoms. The molecule has 1 aliphatic heterocycles. The molecule has 2 aromatic heterocycles. The predicted molar refractivity (Wildman–Crippen MR) is 111 cm³/mol. The van der Waals surface area contributed by atoms with Crippen molar-refractivity contribution in [3.8, 4) is 22.6 Å². The highest BCUT2D eigenvalue weighted by atomic mass is 19.1. The largest absolute Gasteiger partial charge is 0.352 e. The lowest BCUT2D eigenvalue weighted by Gasteiger charge is -2.33. The van der Waals surface area contributed by atoms with Gasteiger partial charge in [-0.15, -0.1) is 0 Å². The minimum atomic E-state index is -0.676. The monoisotopic (exact) mass is 412 g/mol. The molecular formula is C21H25FN6O2. The quantitative estimate of drug-likeness (QED) is 0.590. The van der Waals surface area contributed by atoms with E-state index in [1.165, 1.54) is 12.1 Å². The van der Waals surface area contributed by atoms with Gasteiger partial charge in [-0.2, -0.15) is 0 Å². The summed E-state index contributed by atoms with van der Waals surface area (Å²) >= 11 is 0. The molecule has 1 fully saturated rings. The van der Waals surface area contributed by atoms with E-state index in [-0.39, 0.29) is 11.9 Å². The third kappa shape index (κ3) is 4.48. The number of halogens is 1. The molecule has 0 radical (unpaired) electrons. The number of ether oxygens (including phenoxy) is 2. The van der Waals surface area contributed by atoms with Gasteiger partial charge in [0.1, 0.15) is 5.82 Å². The van der Waals surface area contributed by atoms with E-state index in [0.717, 1.165) is 5.56 Å². The van der Waals surface area contributed by atoms with E-state index in [2.05, 4.69) is 20.3 Å². The molecule has 8 nitrogen and oxygen atoms in total. The molecule has 30 heavy (non-hydrogen) atoms. The fourth-order valence-electron chi connectivity index (χ4n) is 3.11. The molecule has 158 valence electrons. The van der Waals surface area contributed by atoms with E-state index < -0.39 is 11.8 Å². The molecule has 4 rings (SSSR count). The van der Waals surface area contributed by atoms with Gasteiger partial charge < -0.3 is 25.5 Å². The van der Waals surface area contributed by atoms with Crippen molar-refractivity contribution >= 4 is 5.95 Å². The molecule has 1 saturated heterocycles. The van der Waals surface area contributed by atoms with Crippen LogP contribution in [0.2, 0.25) is 0 Å². The van der Waals surface area contributed by atoms with Crippen LogP contribution in [-0.4, -0.2) is 44.7 Å². The summed E-state index contributed by atoms with van der Waals surface area (Å²) in [6.07, 6.45) is 1.000. The Labute approximate surface area is 174 Å². The fraction of sp³-hybridized carbons (Fsp3) is 0.381. The van der Waals surface area contributed by atoms with Gasteiger partial charge >= 0.3 is 0 Å². The molecule has 0 aliphatic carbocycles. The van der Waals surface area contributed by atoms with Crippen molar-refractivity contribution in [1.82, 2.24) is 19.9 Å². The minimum absolute atomic E-state index is 0.184. The van der Waals surface area contributed by atoms with E-state index in [1.807, 2.05) is 20.8 Å². The van der Waals surface area contributed by atoms with E-state index in [0.29, 0.717) is 42.1 Å². The number of hydrogen-bond acceptors (Lipinski definition) is 7. The molecule has 0 atom stereocenters. The number of benzene rings is 1. The second kappa shape index (κ2) is 8.10. The van der Waals surface area contributed by atoms with E-state index in [9.17, 15) is 4.39 Å². The van der Waals surface area contributed by atoms with Gasteiger partial charge in [0.05, 0.1) is 35.8 Å². The number of nitrogens with zero attached hydrogens (tertiary/aromatic N) is 3. The number of nitrogens with one attached hydrogen (secondary N) is 2. The summed E-state index contributed by atoms with van der Waals surface area (Å²) in [5.74, 6) is 0.687. The van der Waals surface area contributed by atoms with Crippen molar-refractivity contribution in [2.45, 2.75) is 38.6 Å². The standard InChI is InChI=1S/C21H25FN6O2/c1-12(2)25-20-24-9-8-15(26-20)17-16(13-4-6-14(22)7-5-13)27-18(28-17)19-29-10-21(3,23)11-30-19/h4-9,12,19H,10-11,23H2,1-3H3,(H,27,28)(H,24,25,26). The normalized spacial score (nSPS) is 21.7. The van der Waals surface area contributed by atoms with Crippen molar-refractivity contribution in [3.05, 3.63) is 48.2 Å². The number of rotatable bonds is 5. The molecule has 1 aliphatic rings. The lowest BCUT2D eigenvalue weighted by atomic mass is 10.1. The summed E-state index contributed by atoms with van der Waals surface area (Å²) in [6.45, 7) is 6.57. The molecule has 0 spiro atoms. The smallest absolute Gasteiger partial charge is 0.223 e. The first-order chi connectivity index (χ1) is 14.3. The zero-order valence-corrected chi connectivity index (χ0v) is 17.1. The van der Waals surface area contributed by atoms with Crippen LogP contribution >= 0.6 is 0 Å². The molecule has 3 aromatic rings. The van der Waals surface area contributed by atoms with Gasteiger partial charge in [-0.3, -0.25) is 0 Å². The predicted octanol–water partition coefficient (Wildman–Crippen LogP) is 3.26. The Bertz CT molecular complexity index is 1010. The highest BCUT2D eigenvalue weighted by Gasteiger charge is 2.32. The van der Waals surface area contributed by atoms with Crippen LogP contribution in [0, 0.1) is 5.82 Å². The van der Waals surface area contributed by atoms with Crippen molar-refractivity contribution in [2.75, 3.05) is 18.5 Å². The Kier molecular flexibility index (Phi) is 5.50. The van der Waals surface area contributed by atoms with E-state index >= 15 is 0 Å². The highest BCUT2D eigenvalue weighted by molar-refractivity contribution is 5.77. The van der Waals surface area contributed by atoms with Gasteiger partial charge in [0.25, 0.3) is 0 Å². The van der Waals surface area contributed by atoms with Crippen LogP contribution in [0.25, 0.3) is 22.6 Å². The van der Waals surface area contributed by atoms with Gasteiger partial charge in [0.15, 0.2) is 5.82 Å². The number of aromatic amines is 1. The van der Waals surface area contributed by atoms with Crippen molar-refractivity contribution in [3.63, 3.8) is 0 Å².